The van der Waals surface area contributed by atoms with Gasteiger partial charge in [0.05, 0.1) is 5.69 Å². The van der Waals surface area contributed by atoms with E-state index in [4.69, 9.17) is 0 Å². The van der Waals surface area contributed by atoms with E-state index in [0.29, 0.717) is 5.92 Å². The van der Waals surface area contributed by atoms with Crippen LogP contribution in [0.2, 0.25) is 0 Å². The fourth-order valence-corrected chi connectivity index (χ4v) is 1.85. The second-order valence-corrected chi connectivity index (χ2v) is 4.49. The number of nitrogens with zero attached hydrogens (tertiary/aromatic N) is 2. The number of nitrogens with one attached hydrogen (secondary N) is 2. The Morgan fingerprint density at radius 1 is 1.69 bits per heavy atom. The zero-order valence-electron chi connectivity index (χ0n) is 9.95. The quantitative estimate of drug-likeness (QED) is 0.784. The summed E-state index contributed by atoms with van der Waals surface area (Å²) < 4.78 is 1.69. The number of amides is 1. The van der Waals surface area contributed by atoms with E-state index >= 15 is 0 Å². The van der Waals surface area contributed by atoms with E-state index in [0.717, 1.165) is 24.6 Å². The lowest BCUT2D eigenvalue weighted by Crippen LogP contribution is -2.48. The van der Waals surface area contributed by atoms with Crippen LogP contribution in [-0.2, 0) is 11.8 Å². The van der Waals surface area contributed by atoms with Crippen molar-refractivity contribution in [3.05, 3.63) is 11.8 Å². The van der Waals surface area contributed by atoms with Crippen molar-refractivity contribution in [3.8, 4) is 0 Å². The van der Waals surface area contributed by atoms with Crippen LogP contribution in [0, 0.1) is 18.8 Å². The fourth-order valence-electron chi connectivity index (χ4n) is 1.85. The van der Waals surface area contributed by atoms with Crippen LogP contribution in [0.4, 0.5) is 5.82 Å². The van der Waals surface area contributed by atoms with E-state index in [1.54, 1.807) is 4.68 Å². The highest BCUT2D eigenvalue weighted by molar-refractivity contribution is 5.91. The van der Waals surface area contributed by atoms with Gasteiger partial charge in [-0.3, -0.25) is 9.48 Å². The Balaban J connectivity index is 1.98. The Bertz CT molecular complexity index is 395. The maximum atomic E-state index is 11.9. The second kappa shape index (κ2) is 4.25. The molecule has 0 bridgehead atoms. The first-order valence-electron chi connectivity index (χ1n) is 5.60. The van der Waals surface area contributed by atoms with Gasteiger partial charge in [-0.05, 0) is 25.9 Å². The molecule has 2 rings (SSSR count). The number of anilines is 1. The van der Waals surface area contributed by atoms with Crippen LogP contribution < -0.4 is 10.6 Å². The maximum Gasteiger partial charge on any atom is 0.228 e. The van der Waals surface area contributed by atoms with Crippen LogP contribution >= 0.6 is 0 Å². The Morgan fingerprint density at radius 2 is 2.38 bits per heavy atom. The third kappa shape index (κ3) is 2.09. The van der Waals surface area contributed by atoms with Gasteiger partial charge in [0.25, 0.3) is 0 Å². The van der Waals surface area contributed by atoms with E-state index in [1.165, 1.54) is 0 Å². The summed E-state index contributed by atoms with van der Waals surface area (Å²) in [6, 6.07) is 1.88. The number of carbonyl (C=O) groups is 1. The Morgan fingerprint density at radius 3 is 2.81 bits per heavy atom. The first-order valence-corrected chi connectivity index (χ1v) is 5.60. The van der Waals surface area contributed by atoms with E-state index in [-0.39, 0.29) is 11.8 Å². The van der Waals surface area contributed by atoms with Crippen LogP contribution in [0.5, 0.6) is 0 Å². The molecule has 0 radical (unpaired) electrons. The summed E-state index contributed by atoms with van der Waals surface area (Å²) in [5, 5.41) is 10.3. The maximum absolute atomic E-state index is 11.9. The Hall–Kier alpha value is -1.36. The van der Waals surface area contributed by atoms with Crippen molar-refractivity contribution in [1.29, 1.82) is 0 Å². The molecule has 1 unspecified atom stereocenters. The average molecular weight is 222 g/mol. The molecule has 1 aliphatic rings. The molecular weight excluding hydrogens is 204 g/mol. The normalized spacial score (nSPS) is 17.9. The van der Waals surface area contributed by atoms with Crippen molar-refractivity contribution in [1.82, 2.24) is 15.1 Å². The lowest BCUT2D eigenvalue weighted by Gasteiger charge is -2.31. The zero-order chi connectivity index (χ0) is 11.7. The number of aromatic nitrogens is 2. The summed E-state index contributed by atoms with van der Waals surface area (Å²) in [4.78, 5) is 11.9. The van der Waals surface area contributed by atoms with Crippen LogP contribution in [0.1, 0.15) is 12.6 Å². The molecule has 16 heavy (non-hydrogen) atoms. The van der Waals surface area contributed by atoms with Crippen molar-refractivity contribution in [3.63, 3.8) is 0 Å². The van der Waals surface area contributed by atoms with Gasteiger partial charge in [-0.25, -0.2) is 0 Å². The molecule has 1 aromatic rings. The SMILES string of the molecule is Cc1cc(NC(=O)C(C)C2CNC2)n(C)n1. The van der Waals surface area contributed by atoms with Crippen LogP contribution in [0.25, 0.3) is 0 Å². The van der Waals surface area contributed by atoms with Crippen molar-refractivity contribution < 1.29 is 4.79 Å². The minimum absolute atomic E-state index is 0.0523. The van der Waals surface area contributed by atoms with Crippen molar-refractivity contribution >= 4 is 11.7 Å². The molecule has 1 fully saturated rings. The molecule has 0 saturated carbocycles. The van der Waals surface area contributed by atoms with Crippen LogP contribution in [0.3, 0.4) is 0 Å². The molecular formula is C11H18N4O. The summed E-state index contributed by atoms with van der Waals surface area (Å²) in [6.45, 7) is 5.77. The summed E-state index contributed by atoms with van der Waals surface area (Å²) in [6.07, 6.45) is 0. The Kier molecular flexibility index (Phi) is 2.96. The van der Waals surface area contributed by atoms with Crippen LogP contribution in [0.15, 0.2) is 6.07 Å². The molecule has 1 aromatic heterocycles. The molecule has 1 amide bonds. The second-order valence-electron chi connectivity index (χ2n) is 4.49. The van der Waals surface area contributed by atoms with Gasteiger partial charge in [0.1, 0.15) is 5.82 Å². The number of hydrogen-bond acceptors (Lipinski definition) is 3. The van der Waals surface area contributed by atoms with E-state index in [2.05, 4.69) is 15.7 Å². The number of rotatable bonds is 3. The van der Waals surface area contributed by atoms with Crippen molar-refractivity contribution in [2.75, 3.05) is 18.4 Å². The minimum Gasteiger partial charge on any atom is -0.316 e. The fraction of sp³-hybridized carbons (Fsp3) is 0.636. The standard InChI is InChI=1S/C11H18N4O/c1-7-4-10(15(3)14-7)13-11(16)8(2)9-5-12-6-9/h4,8-9,12H,5-6H2,1-3H3,(H,13,16). The highest BCUT2D eigenvalue weighted by Crippen LogP contribution is 2.18. The van der Waals surface area contributed by atoms with Crippen LogP contribution in [-0.4, -0.2) is 28.8 Å². The van der Waals surface area contributed by atoms with Gasteiger partial charge in [-0.2, -0.15) is 5.10 Å². The largest absolute Gasteiger partial charge is 0.316 e. The Labute approximate surface area is 95.2 Å². The van der Waals surface area contributed by atoms with Gasteiger partial charge in [0.2, 0.25) is 5.91 Å². The van der Waals surface area contributed by atoms with E-state index in [1.807, 2.05) is 27.0 Å². The number of hydrogen-bond donors (Lipinski definition) is 2. The van der Waals surface area contributed by atoms with E-state index in [9.17, 15) is 4.79 Å². The van der Waals surface area contributed by atoms with Gasteiger partial charge in [-0.15, -0.1) is 0 Å². The van der Waals surface area contributed by atoms with Gasteiger partial charge in [-0.1, -0.05) is 6.92 Å². The lowest BCUT2D eigenvalue weighted by molar-refractivity contribution is -0.121. The average Bonchev–Trinajstić information content (AvgIpc) is 2.42. The van der Waals surface area contributed by atoms with E-state index < -0.39 is 0 Å². The summed E-state index contributed by atoms with van der Waals surface area (Å²) in [7, 11) is 1.83. The van der Waals surface area contributed by atoms with Gasteiger partial charge in [0, 0.05) is 19.0 Å². The van der Waals surface area contributed by atoms with Gasteiger partial charge >= 0.3 is 0 Å². The molecule has 1 saturated heterocycles. The van der Waals surface area contributed by atoms with Gasteiger partial charge < -0.3 is 10.6 Å². The molecule has 88 valence electrons. The molecule has 5 nitrogen and oxygen atoms in total. The third-order valence-electron chi connectivity index (χ3n) is 3.19. The predicted octanol–water partition coefficient (Wildman–Crippen LogP) is 0.523. The molecule has 2 N–H and O–H groups in total. The highest BCUT2D eigenvalue weighted by atomic mass is 16.2. The van der Waals surface area contributed by atoms with Crippen molar-refractivity contribution in [2.45, 2.75) is 13.8 Å². The van der Waals surface area contributed by atoms with Gasteiger partial charge in [0.15, 0.2) is 0 Å². The molecule has 1 aliphatic heterocycles. The minimum atomic E-state index is 0.0523. The summed E-state index contributed by atoms with van der Waals surface area (Å²) in [5.74, 6) is 1.36. The molecule has 0 aromatic carbocycles. The third-order valence-corrected chi connectivity index (χ3v) is 3.19. The molecule has 0 aliphatic carbocycles. The first-order chi connectivity index (χ1) is 7.58. The smallest absolute Gasteiger partial charge is 0.228 e. The number of aryl methyl sites for hydroxylation is 2. The molecule has 0 spiro atoms. The lowest BCUT2D eigenvalue weighted by atomic mass is 9.88. The molecule has 5 heteroatoms. The van der Waals surface area contributed by atoms with Crippen molar-refractivity contribution in [2.24, 2.45) is 18.9 Å². The zero-order valence-corrected chi connectivity index (χ0v) is 9.95. The highest BCUT2D eigenvalue weighted by Gasteiger charge is 2.28. The predicted molar refractivity (Wildman–Crippen MR) is 62.1 cm³/mol. The molecule has 2 heterocycles. The summed E-state index contributed by atoms with van der Waals surface area (Å²) in [5.41, 5.74) is 0.913. The number of carbonyl (C=O) groups excluding carboxylic acids is 1. The summed E-state index contributed by atoms with van der Waals surface area (Å²) >= 11 is 0. The first kappa shape index (κ1) is 11.1. The monoisotopic (exact) mass is 222 g/mol. The topological polar surface area (TPSA) is 59.0 Å². The molecule has 1 atom stereocenters.